The molecule has 1 aliphatic heterocycles. The average molecular weight is 716 g/mol. The van der Waals surface area contributed by atoms with Gasteiger partial charge in [0, 0.05) is 51.2 Å². The molecule has 0 N–H and O–H groups in total. The number of hydrogen-bond acceptors (Lipinski definition) is 5. The molecule has 0 amide bonds. The average Bonchev–Trinajstić information content (AvgIpc) is 3.27. The van der Waals surface area contributed by atoms with Gasteiger partial charge in [-0.2, -0.15) is 10.5 Å². The van der Waals surface area contributed by atoms with Crippen molar-refractivity contribution in [3.8, 4) is 12.1 Å². The molecule has 9 rings (SSSR count). The van der Waals surface area contributed by atoms with Gasteiger partial charge in [-0.3, -0.25) is 0 Å². The van der Waals surface area contributed by atoms with Crippen LogP contribution in [-0.2, 0) is 0 Å². The van der Waals surface area contributed by atoms with Crippen molar-refractivity contribution in [3.63, 3.8) is 0 Å². The normalized spacial score (nSPS) is 11.5. The molecule has 5 nitrogen and oxygen atoms in total. The summed E-state index contributed by atoms with van der Waals surface area (Å²) in [5.74, 6) is 0. The first-order chi connectivity index (χ1) is 27.7. The molecule has 0 fully saturated rings. The quantitative estimate of drug-likeness (QED) is 0.147. The third kappa shape index (κ3) is 6.32. The highest BCUT2D eigenvalue weighted by atomic mass is 15.2. The van der Waals surface area contributed by atoms with Crippen molar-refractivity contribution in [3.05, 3.63) is 217 Å². The molecular formula is C50H34BN5. The van der Waals surface area contributed by atoms with Gasteiger partial charge in [0.1, 0.15) is 0 Å². The van der Waals surface area contributed by atoms with Gasteiger partial charge in [0.25, 0.3) is 0 Å². The van der Waals surface area contributed by atoms with Gasteiger partial charge in [0.2, 0.25) is 6.71 Å². The van der Waals surface area contributed by atoms with Gasteiger partial charge >= 0.3 is 0 Å². The highest BCUT2D eigenvalue weighted by Crippen LogP contribution is 2.42. The van der Waals surface area contributed by atoms with Crippen LogP contribution >= 0.6 is 0 Å². The van der Waals surface area contributed by atoms with Gasteiger partial charge in [0.05, 0.1) is 23.3 Å². The topological polar surface area (TPSA) is 57.3 Å². The van der Waals surface area contributed by atoms with Crippen LogP contribution in [0.1, 0.15) is 11.1 Å². The summed E-state index contributed by atoms with van der Waals surface area (Å²) in [5.41, 5.74) is 13.1. The molecule has 56 heavy (non-hydrogen) atoms. The summed E-state index contributed by atoms with van der Waals surface area (Å²) in [6.45, 7) is -0.159. The van der Waals surface area contributed by atoms with E-state index in [0.717, 1.165) is 67.6 Å². The lowest BCUT2D eigenvalue weighted by atomic mass is 9.35. The third-order valence-electron chi connectivity index (χ3n) is 10.3. The highest BCUT2D eigenvalue weighted by Gasteiger charge is 2.37. The predicted octanol–water partition coefficient (Wildman–Crippen LogP) is 10.7. The lowest BCUT2D eigenvalue weighted by Gasteiger charge is -2.39. The predicted molar refractivity (Wildman–Crippen MR) is 231 cm³/mol. The molecule has 1 heterocycles. The van der Waals surface area contributed by atoms with Crippen LogP contribution in [-0.4, -0.2) is 6.71 Å². The maximum absolute atomic E-state index is 10.1. The molecule has 6 heteroatoms. The fourth-order valence-electron chi connectivity index (χ4n) is 7.88. The zero-order valence-electron chi connectivity index (χ0n) is 30.4. The van der Waals surface area contributed by atoms with E-state index in [1.165, 1.54) is 0 Å². The second kappa shape index (κ2) is 14.9. The first-order valence-corrected chi connectivity index (χ1v) is 18.6. The van der Waals surface area contributed by atoms with Crippen molar-refractivity contribution in [2.45, 2.75) is 0 Å². The van der Waals surface area contributed by atoms with E-state index in [-0.39, 0.29) is 6.71 Å². The molecule has 1 aliphatic rings. The molecule has 0 saturated carbocycles. The summed E-state index contributed by atoms with van der Waals surface area (Å²) in [6, 6.07) is 75.7. The Morgan fingerprint density at radius 1 is 0.375 bits per heavy atom. The Morgan fingerprint density at radius 3 is 1.09 bits per heavy atom. The van der Waals surface area contributed by atoms with Crippen LogP contribution in [0.25, 0.3) is 0 Å². The molecule has 8 aromatic rings. The van der Waals surface area contributed by atoms with Crippen LogP contribution in [0, 0.1) is 22.7 Å². The van der Waals surface area contributed by atoms with E-state index in [1.807, 2.05) is 36.4 Å². The largest absolute Gasteiger partial charge is 0.311 e. The molecule has 0 aromatic heterocycles. The fraction of sp³-hybridized carbons (Fsp3) is 0. The van der Waals surface area contributed by atoms with Crippen molar-refractivity contribution in [1.29, 1.82) is 10.5 Å². The summed E-state index contributed by atoms with van der Waals surface area (Å²) in [7, 11) is 0. The first-order valence-electron chi connectivity index (χ1n) is 18.6. The summed E-state index contributed by atoms with van der Waals surface area (Å²) in [6.07, 6.45) is 0. The fourth-order valence-corrected chi connectivity index (χ4v) is 7.88. The Morgan fingerprint density at radius 2 is 0.732 bits per heavy atom. The number of fused-ring (bicyclic) bond motifs is 2. The molecule has 0 bridgehead atoms. The number of para-hydroxylation sites is 4. The number of nitriles is 2. The molecule has 0 atom stereocenters. The van der Waals surface area contributed by atoms with Gasteiger partial charge in [-0.1, -0.05) is 109 Å². The van der Waals surface area contributed by atoms with E-state index in [0.29, 0.717) is 11.1 Å². The molecule has 262 valence electrons. The van der Waals surface area contributed by atoms with Crippen LogP contribution in [0.4, 0.5) is 51.2 Å². The Balaban J connectivity index is 1.33. The molecule has 0 aliphatic carbocycles. The van der Waals surface area contributed by atoms with Crippen molar-refractivity contribution in [2.24, 2.45) is 0 Å². The van der Waals surface area contributed by atoms with Gasteiger partial charge in [-0.25, -0.2) is 0 Å². The molecule has 0 unspecified atom stereocenters. The Labute approximate surface area is 327 Å². The van der Waals surface area contributed by atoms with Gasteiger partial charge in [-0.15, -0.1) is 0 Å². The minimum atomic E-state index is -0.159. The third-order valence-corrected chi connectivity index (χ3v) is 10.3. The molecule has 8 aromatic carbocycles. The minimum Gasteiger partial charge on any atom is -0.311 e. The zero-order valence-corrected chi connectivity index (χ0v) is 30.4. The lowest BCUT2D eigenvalue weighted by Crippen LogP contribution is -2.57. The Hall–Kier alpha value is -7.80. The van der Waals surface area contributed by atoms with Crippen molar-refractivity contribution in [1.82, 2.24) is 0 Å². The number of hydrogen-bond donors (Lipinski definition) is 0. The van der Waals surface area contributed by atoms with Crippen LogP contribution in [0.5, 0.6) is 0 Å². The summed E-state index contributed by atoms with van der Waals surface area (Å²) in [5, 5.41) is 20.2. The smallest absolute Gasteiger partial charge is 0.246 e. The second-order valence-electron chi connectivity index (χ2n) is 13.7. The molecular weight excluding hydrogens is 681 g/mol. The van der Waals surface area contributed by atoms with Crippen LogP contribution < -0.4 is 31.1 Å². The number of nitrogens with zero attached hydrogens (tertiary/aromatic N) is 5. The van der Waals surface area contributed by atoms with Crippen LogP contribution in [0.3, 0.4) is 0 Å². The van der Waals surface area contributed by atoms with E-state index < -0.39 is 0 Å². The molecule has 0 saturated heterocycles. The van der Waals surface area contributed by atoms with E-state index in [9.17, 15) is 10.5 Å². The molecule has 0 spiro atoms. The zero-order chi connectivity index (χ0) is 37.8. The summed E-state index contributed by atoms with van der Waals surface area (Å²) >= 11 is 0. The molecule has 0 radical (unpaired) electrons. The Kier molecular flexibility index (Phi) is 9.06. The van der Waals surface area contributed by atoms with E-state index in [4.69, 9.17) is 0 Å². The standard InChI is InChI=1S/C50H34BN5/c52-35-37-30-38(36-53)32-46(31-37)56-49-28-26-44(54(40-18-8-2-9-19-40)41-20-10-3-11-21-41)33-47(49)51(39-16-6-1-7-17-39)48-34-45(27-29-50(48)56)55(42-22-12-4-13-23-42)43-24-14-5-15-25-43/h1-34H. The first kappa shape index (κ1) is 34.0. The number of benzene rings is 8. The van der Waals surface area contributed by atoms with E-state index in [1.54, 1.807) is 6.07 Å². The maximum atomic E-state index is 10.1. The monoisotopic (exact) mass is 715 g/mol. The summed E-state index contributed by atoms with van der Waals surface area (Å²) < 4.78 is 0. The second-order valence-corrected chi connectivity index (χ2v) is 13.7. The van der Waals surface area contributed by atoms with Crippen molar-refractivity contribution < 1.29 is 0 Å². The number of anilines is 9. The minimum absolute atomic E-state index is 0.159. The van der Waals surface area contributed by atoms with Gasteiger partial charge < -0.3 is 14.7 Å². The van der Waals surface area contributed by atoms with Crippen LogP contribution in [0.15, 0.2) is 206 Å². The van der Waals surface area contributed by atoms with E-state index >= 15 is 0 Å². The maximum Gasteiger partial charge on any atom is 0.246 e. The van der Waals surface area contributed by atoms with Crippen LogP contribution in [0.2, 0.25) is 0 Å². The lowest BCUT2D eigenvalue weighted by molar-refractivity contribution is 1.25. The summed E-state index contributed by atoms with van der Waals surface area (Å²) in [4.78, 5) is 6.79. The van der Waals surface area contributed by atoms with Gasteiger partial charge in [-0.05, 0) is 114 Å². The van der Waals surface area contributed by atoms with E-state index in [2.05, 4.69) is 191 Å². The SMILES string of the molecule is N#Cc1cc(C#N)cc(N2c3ccc(N(c4ccccc4)c4ccccc4)cc3B(c3ccccc3)c3cc(N(c4ccccc4)c4ccccc4)ccc32)c1. The van der Waals surface area contributed by atoms with Crippen molar-refractivity contribution in [2.75, 3.05) is 14.7 Å². The van der Waals surface area contributed by atoms with Crippen molar-refractivity contribution >= 4 is 74.3 Å². The number of rotatable bonds is 8. The highest BCUT2D eigenvalue weighted by molar-refractivity contribution is 6.98. The Bertz CT molecular complexity index is 2480. The van der Waals surface area contributed by atoms with Gasteiger partial charge in [0.15, 0.2) is 0 Å².